The topological polar surface area (TPSA) is 364 Å². The lowest BCUT2D eigenvalue weighted by Gasteiger charge is -2.24. The Morgan fingerprint density at radius 1 is 0.562 bits per heavy atom. The summed E-state index contributed by atoms with van der Waals surface area (Å²) in [7, 11) is 2.35. The van der Waals surface area contributed by atoms with Crippen LogP contribution in [0.3, 0.4) is 0 Å². The molecule has 0 spiro atoms. The largest absolute Gasteiger partial charge is 0.505 e. The van der Waals surface area contributed by atoms with Gasteiger partial charge in [-0.2, -0.15) is 0 Å². The van der Waals surface area contributed by atoms with Gasteiger partial charge in [-0.25, -0.2) is 9.59 Å². The molecule has 0 unspecified atom stereocenters. The number of carbonyl (C=O) groups is 10. The molecule has 0 aliphatic carbocycles. The first-order valence-corrected chi connectivity index (χ1v) is 16.0. The van der Waals surface area contributed by atoms with E-state index in [1.54, 1.807) is 0 Å². The van der Waals surface area contributed by atoms with E-state index in [-0.39, 0.29) is 37.6 Å². The summed E-state index contributed by atoms with van der Waals surface area (Å²) in [5.74, 6) is -11.5. The van der Waals surface area contributed by atoms with Crippen LogP contribution in [0.4, 0.5) is 4.79 Å². The standard InChI is InChI=1S/C24H35N5O17S2/c25-10-14(23(41)42)29-22(40)13(9-18(35)36)28-21(39)12(8-17(33)34)27-20(38)11(7-16(31)32)26-15(30)2-5-47-48-6-4-45-19(37)1-3-46-24(43)44/h11-14H,1-10,25H2,(H,26,30)(H,27,38)(H,28,39)(H,29,40)(H,31,32)(H,33,34)(H,35,36)(H,41,42)(H,43,44)/t11-,12-,13-,14-/m0/s1. The number of ether oxygens (including phenoxy) is 2. The molecule has 0 saturated carbocycles. The van der Waals surface area contributed by atoms with Gasteiger partial charge in [0.15, 0.2) is 0 Å². The molecule has 48 heavy (non-hydrogen) atoms. The highest BCUT2D eigenvalue weighted by Crippen LogP contribution is 2.21. The van der Waals surface area contributed by atoms with Crippen molar-refractivity contribution in [2.45, 2.75) is 56.3 Å². The molecule has 0 aliphatic rings. The summed E-state index contributed by atoms with van der Waals surface area (Å²) in [5, 5.41) is 52.9. The van der Waals surface area contributed by atoms with Crippen LogP contribution in [-0.2, 0) is 52.6 Å². The summed E-state index contributed by atoms with van der Waals surface area (Å²) < 4.78 is 9.03. The van der Waals surface area contributed by atoms with Crippen LogP contribution >= 0.6 is 21.6 Å². The lowest BCUT2D eigenvalue weighted by Crippen LogP contribution is -2.59. The Morgan fingerprint density at radius 3 is 1.42 bits per heavy atom. The number of hydrogen-bond donors (Lipinski definition) is 10. The van der Waals surface area contributed by atoms with Crippen LogP contribution in [0.5, 0.6) is 0 Å². The highest BCUT2D eigenvalue weighted by molar-refractivity contribution is 8.76. The fraction of sp³-hybridized carbons (Fsp3) is 0.583. The minimum Gasteiger partial charge on any atom is -0.481 e. The van der Waals surface area contributed by atoms with Crippen molar-refractivity contribution >= 4 is 81.2 Å². The Kier molecular flexibility index (Phi) is 21.1. The van der Waals surface area contributed by atoms with Crippen LogP contribution in [0, 0.1) is 0 Å². The zero-order valence-corrected chi connectivity index (χ0v) is 26.5. The molecule has 0 aromatic heterocycles. The number of carboxylic acids is 4. The van der Waals surface area contributed by atoms with Gasteiger partial charge in [-0.3, -0.25) is 38.4 Å². The molecule has 0 aromatic carbocycles. The van der Waals surface area contributed by atoms with Crippen molar-refractivity contribution in [3.05, 3.63) is 0 Å². The Labute approximate surface area is 278 Å². The molecule has 270 valence electrons. The van der Waals surface area contributed by atoms with Crippen LogP contribution in [0.1, 0.15) is 32.1 Å². The van der Waals surface area contributed by atoms with E-state index in [4.69, 9.17) is 25.8 Å². The van der Waals surface area contributed by atoms with Gasteiger partial charge in [0.2, 0.25) is 23.6 Å². The summed E-state index contributed by atoms with van der Waals surface area (Å²) in [4.78, 5) is 117. The quantitative estimate of drug-likeness (QED) is 0.0251. The molecular weight excluding hydrogens is 694 g/mol. The predicted molar refractivity (Wildman–Crippen MR) is 160 cm³/mol. The van der Waals surface area contributed by atoms with Crippen LogP contribution in [0.25, 0.3) is 0 Å². The maximum Gasteiger partial charge on any atom is 0.505 e. The molecule has 4 amide bonds. The lowest BCUT2D eigenvalue weighted by atomic mass is 10.1. The number of carbonyl (C=O) groups excluding carboxylic acids is 5. The summed E-state index contributed by atoms with van der Waals surface area (Å²) in [6.45, 7) is -0.995. The number of aliphatic carboxylic acids is 4. The molecule has 11 N–H and O–H groups in total. The SMILES string of the molecule is NC[C@H](NC(=O)[C@H](CC(=O)O)NC(=O)[C@H](CC(=O)O)NC(=O)[C@H](CC(=O)O)NC(=O)CCSSCCOC(=O)CCOC(=O)O)C(=O)O. The zero-order valence-electron chi connectivity index (χ0n) is 24.9. The van der Waals surface area contributed by atoms with E-state index in [2.05, 4.69) is 10.1 Å². The number of nitrogens with one attached hydrogen (secondary N) is 4. The van der Waals surface area contributed by atoms with Crippen molar-refractivity contribution in [2.24, 2.45) is 5.73 Å². The number of esters is 1. The fourth-order valence-corrected chi connectivity index (χ4v) is 5.01. The first-order valence-electron chi connectivity index (χ1n) is 13.5. The average molecular weight is 730 g/mol. The molecule has 0 aromatic rings. The van der Waals surface area contributed by atoms with E-state index in [9.17, 15) is 58.2 Å². The van der Waals surface area contributed by atoms with E-state index in [0.717, 1.165) is 10.8 Å². The molecule has 0 radical (unpaired) electrons. The average Bonchev–Trinajstić information content (AvgIpc) is 2.97. The molecule has 0 heterocycles. The highest BCUT2D eigenvalue weighted by atomic mass is 33.1. The third-order valence-corrected chi connectivity index (χ3v) is 7.73. The van der Waals surface area contributed by atoms with Gasteiger partial charge in [0, 0.05) is 24.5 Å². The molecule has 0 fully saturated rings. The van der Waals surface area contributed by atoms with Gasteiger partial charge in [0.1, 0.15) is 37.4 Å². The van der Waals surface area contributed by atoms with Crippen molar-refractivity contribution in [1.29, 1.82) is 0 Å². The summed E-state index contributed by atoms with van der Waals surface area (Å²) >= 11 is 0. The van der Waals surface area contributed by atoms with Crippen molar-refractivity contribution in [3.8, 4) is 0 Å². The summed E-state index contributed by atoms with van der Waals surface area (Å²) in [6, 6.07) is -7.43. The van der Waals surface area contributed by atoms with Crippen molar-refractivity contribution in [2.75, 3.05) is 31.3 Å². The second kappa shape index (κ2) is 23.5. The van der Waals surface area contributed by atoms with Gasteiger partial charge in [-0.1, -0.05) is 21.6 Å². The second-order valence-electron chi connectivity index (χ2n) is 9.15. The molecular formula is C24H35N5O17S2. The second-order valence-corrected chi connectivity index (χ2v) is 11.9. The first-order chi connectivity index (χ1) is 22.5. The number of nitrogens with two attached hydrogens (primary N) is 1. The van der Waals surface area contributed by atoms with Gasteiger partial charge < -0.3 is 62.0 Å². The maximum absolute atomic E-state index is 12.9. The van der Waals surface area contributed by atoms with Gasteiger partial charge in [-0.15, -0.1) is 0 Å². The Balaban J connectivity index is 5.23. The fourth-order valence-electron chi connectivity index (χ4n) is 3.19. The van der Waals surface area contributed by atoms with Gasteiger partial charge in [-0.05, 0) is 0 Å². The molecule has 0 aliphatic heterocycles. The lowest BCUT2D eigenvalue weighted by molar-refractivity contribution is -0.145. The normalized spacial score (nSPS) is 12.9. The van der Waals surface area contributed by atoms with Crippen LogP contribution in [0.15, 0.2) is 0 Å². The van der Waals surface area contributed by atoms with Crippen LogP contribution in [0.2, 0.25) is 0 Å². The van der Waals surface area contributed by atoms with E-state index < -0.39 is 110 Å². The minimum absolute atomic E-state index is 0.0278. The first kappa shape index (κ1) is 43.2. The van der Waals surface area contributed by atoms with Crippen molar-refractivity contribution in [1.82, 2.24) is 21.3 Å². The van der Waals surface area contributed by atoms with Crippen molar-refractivity contribution in [3.63, 3.8) is 0 Å². The molecule has 0 bridgehead atoms. The highest BCUT2D eigenvalue weighted by Gasteiger charge is 2.33. The zero-order chi connectivity index (χ0) is 36.8. The number of hydrogen-bond acceptors (Lipinski definition) is 15. The van der Waals surface area contributed by atoms with Crippen molar-refractivity contribution < 1.29 is 83.0 Å². The van der Waals surface area contributed by atoms with Crippen LogP contribution < -0.4 is 27.0 Å². The predicted octanol–water partition coefficient (Wildman–Crippen LogP) is -3.21. The third kappa shape index (κ3) is 20.3. The van der Waals surface area contributed by atoms with Crippen LogP contribution in [-0.4, -0.2) is 141 Å². The van der Waals surface area contributed by atoms with Gasteiger partial charge in [0.05, 0.1) is 25.7 Å². The van der Waals surface area contributed by atoms with E-state index in [1.165, 1.54) is 10.8 Å². The summed E-state index contributed by atoms with van der Waals surface area (Å²) in [6.07, 6.45) is -5.27. The Hall–Kier alpha value is -4.84. The Morgan fingerprint density at radius 2 is 1.00 bits per heavy atom. The minimum atomic E-state index is -2.01. The molecule has 24 heteroatoms. The third-order valence-electron chi connectivity index (χ3n) is 5.36. The van der Waals surface area contributed by atoms with E-state index in [0.29, 0.717) is 0 Å². The smallest absolute Gasteiger partial charge is 0.481 e. The molecule has 22 nitrogen and oxygen atoms in total. The van der Waals surface area contributed by atoms with Gasteiger partial charge >= 0.3 is 36.0 Å². The molecule has 4 atom stereocenters. The van der Waals surface area contributed by atoms with Gasteiger partial charge in [0.25, 0.3) is 0 Å². The number of rotatable bonds is 25. The van der Waals surface area contributed by atoms with E-state index in [1.807, 2.05) is 16.0 Å². The molecule has 0 saturated heterocycles. The Bertz CT molecular complexity index is 1200. The maximum atomic E-state index is 12.9. The monoisotopic (exact) mass is 729 g/mol. The van der Waals surface area contributed by atoms with E-state index >= 15 is 0 Å². The number of carboxylic acid groups (broad SMARTS) is 5. The number of amides is 4. The molecule has 0 rings (SSSR count). The summed E-state index contributed by atoms with van der Waals surface area (Å²) in [5.41, 5.74) is 5.24.